The average Bonchev–Trinajstić information content (AvgIpc) is 2.76. The van der Waals surface area contributed by atoms with E-state index in [1.165, 1.54) is 7.11 Å². The van der Waals surface area contributed by atoms with E-state index in [1.54, 1.807) is 4.68 Å². The van der Waals surface area contributed by atoms with E-state index in [0.29, 0.717) is 30.5 Å². The second kappa shape index (κ2) is 5.71. The van der Waals surface area contributed by atoms with Crippen molar-refractivity contribution in [2.75, 3.05) is 7.11 Å². The number of methoxy groups -OCH3 is 1. The number of carboxylic acid groups (broad SMARTS) is 1. The summed E-state index contributed by atoms with van der Waals surface area (Å²) in [7, 11) is 1.53. The third-order valence-corrected chi connectivity index (χ3v) is 3.36. The minimum atomic E-state index is -1.55. The summed E-state index contributed by atoms with van der Waals surface area (Å²) in [6.45, 7) is 0.237. The Hall–Kier alpha value is -1.40. The Bertz CT molecular complexity index is 539. The Labute approximate surface area is 114 Å². The summed E-state index contributed by atoms with van der Waals surface area (Å²) in [5.41, 5.74) is 2.01. The normalized spacial score (nSPS) is 17.2. The number of alkyl halides is 1. The van der Waals surface area contributed by atoms with Crippen molar-refractivity contribution < 1.29 is 19.0 Å². The zero-order valence-corrected chi connectivity index (χ0v) is 11.2. The van der Waals surface area contributed by atoms with Gasteiger partial charge in [-0.1, -0.05) is 0 Å². The fourth-order valence-electron chi connectivity index (χ4n) is 2.38. The predicted octanol–water partition coefficient (Wildman–Crippen LogP) is 2.33. The molecular formula is C12H14ClFN2O3. The molecule has 0 fully saturated rings. The lowest BCUT2D eigenvalue weighted by Crippen LogP contribution is -2.12. The maximum atomic E-state index is 13.8. The first-order valence-corrected chi connectivity index (χ1v) is 6.39. The van der Waals surface area contributed by atoms with Crippen LogP contribution < -0.4 is 0 Å². The summed E-state index contributed by atoms with van der Waals surface area (Å²) in [6, 6.07) is 0. The molecule has 1 aliphatic rings. The first-order valence-electron chi connectivity index (χ1n) is 5.85. The van der Waals surface area contributed by atoms with Crippen molar-refractivity contribution in [2.45, 2.75) is 31.9 Å². The standard InChI is InChI=1S/C12H14ClFN2O3/c1-19-6-16-9-4-2-3-7(11(14)12(17)18)10(9)8(5-13)15-16/h2-6H2,1H3,(H,17,18)/b11-7-. The van der Waals surface area contributed by atoms with Gasteiger partial charge < -0.3 is 9.84 Å². The zero-order chi connectivity index (χ0) is 14.0. The van der Waals surface area contributed by atoms with Gasteiger partial charge in [-0.15, -0.1) is 11.6 Å². The number of aliphatic carboxylic acids is 1. The molecule has 0 aliphatic heterocycles. The van der Waals surface area contributed by atoms with E-state index in [4.69, 9.17) is 21.4 Å². The third-order valence-electron chi connectivity index (χ3n) is 3.10. The monoisotopic (exact) mass is 288 g/mol. The van der Waals surface area contributed by atoms with E-state index in [2.05, 4.69) is 5.10 Å². The molecule has 0 bridgehead atoms. The molecule has 1 aromatic heterocycles. The molecule has 0 unspecified atom stereocenters. The highest BCUT2D eigenvalue weighted by Gasteiger charge is 2.28. The molecule has 19 heavy (non-hydrogen) atoms. The van der Waals surface area contributed by atoms with Gasteiger partial charge in [0, 0.05) is 23.9 Å². The van der Waals surface area contributed by atoms with Crippen molar-refractivity contribution in [3.8, 4) is 0 Å². The zero-order valence-electron chi connectivity index (χ0n) is 10.4. The number of rotatable bonds is 4. The molecule has 0 amide bonds. The number of aromatic nitrogens is 2. The quantitative estimate of drug-likeness (QED) is 0.682. The number of halogens is 2. The number of hydrogen-bond donors (Lipinski definition) is 1. The van der Waals surface area contributed by atoms with Crippen molar-refractivity contribution in [2.24, 2.45) is 0 Å². The van der Waals surface area contributed by atoms with Crippen LogP contribution in [0, 0.1) is 0 Å². The summed E-state index contributed by atoms with van der Waals surface area (Å²) in [4.78, 5) is 10.8. The number of carboxylic acids is 1. The number of allylic oxidation sites excluding steroid dienone is 1. The summed E-state index contributed by atoms with van der Waals surface area (Å²) in [5.74, 6) is -2.57. The molecule has 0 saturated heterocycles. The van der Waals surface area contributed by atoms with Crippen LogP contribution in [-0.4, -0.2) is 28.0 Å². The van der Waals surface area contributed by atoms with Gasteiger partial charge in [0.15, 0.2) is 0 Å². The lowest BCUT2D eigenvalue weighted by Gasteiger charge is -2.17. The Kier molecular flexibility index (Phi) is 4.21. The van der Waals surface area contributed by atoms with Gasteiger partial charge in [0.05, 0.1) is 11.6 Å². The summed E-state index contributed by atoms with van der Waals surface area (Å²) in [5, 5.41) is 13.1. The first-order chi connectivity index (χ1) is 9.10. The maximum Gasteiger partial charge on any atom is 0.365 e. The van der Waals surface area contributed by atoms with Crippen molar-refractivity contribution in [1.29, 1.82) is 0 Å². The molecule has 104 valence electrons. The van der Waals surface area contributed by atoms with Crippen LogP contribution >= 0.6 is 11.6 Å². The SMILES string of the molecule is COCn1nc(CCl)c2c1CCC/C2=C(/F)C(=O)O. The first kappa shape index (κ1) is 14.0. The van der Waals surface area contributed by atoms with E-state index in [0.717, 1.165) is 5.69 Å². The van der Waals surface area contributed by atoms with Crippen LogP contribution in [0.1, 0.15) is 29.8 Å². The summed E-state index contributed by atoms with van der Waals surface area (Å²) in [6.07, 6.45) is 1.77. The molecule has 0 aromatic carbocycles. The van der Waals surface area contributed by atoms with Gasteiger partial charge in [0.1, 0.15) is 6.73 Å². The smallest absolute Gasteiger partial charge is 0.365 e. The van der Waals surface area contributed by atoms with Crippen molar-refractivity contribution in [3.63, 3.8) is 0 Å². The Balaban J connectivity index is 2.60. The van der Waals surface area contributed by atoms with Crippen LogP contribution in [0.25, 0.3) is 5.57 Å². The van der Waals surface area contributed by atoms with Gasteiger partial charge in [-0.3, -0.25) is 0 Å². The average molecular weight is 289 g/mol. The second-order valence-corrected chi connectivity index (χ2v) is 4.54. The Morgan fingerprint density at radius 3 is 2.89 bits per heavy atom. The van der Waals surface area contributed by atoms with E-state index < -0.39 is 11.8 Å². The van der Waals surface area contributed by atoms with Crippen LogP contribution in [0.4, 0.5) is 4.39 Å². The number of ether oxygens (including phenoxy) is 1. The molecule has 0 saturated carbocycles. The van der Waals surface area contributed by atoms with Gasteiger partial charge in [0.2, 0.25) is 5.83 Å². The molecule has 0 spiro atoms. The summed E-state index contributed by atoms with van der Waals surface area (Å²) >= 11 is 5.82. The van der Waals surface area contributed by atoms with Crippen LogP contribution in [0.15, 0.2) is 5.83 Å². The molecule has 1 N–H and O–H groups in total. The minimum absolute atomic E-state index is 0.107. The number of fused-ring (bicyclic) bond motifs is 1. The molecule has 0 radical (unpaired) electrons. The lowest BCUT2D eigenvalue weighted by atomic mass is 9.90. The van der Waals surface area contributed by atoms with Gasteiger partial charge in [-0.2, -0.15) is 9.49 Å². The molecular weight excluding hydrogens is 275 g/mol. The summed E-state index contributed by atoms with van der Waals surface area (Å²) < 4.78 is 20.4. The Morgan fingerprint density at radius 1 is 1.58 bits per heavy atom. The highest BCUT2D eigenvalue weighted by Crippen LogP contribution is 2.36. The molecule has 7 heteroatoms. The number of nitrogens with zero attached hydrogens (tertiary/aromatic N) is 2. The maximum absolute atomic E-state index is 13.8. The van der Waals surface area contributed by atoms with Gasteiger partial charge in [-0.05, 0) is 19.3 Å². The van der Waals surface area contributed by atoms with E-state index >= 15 is 0 Å². The van der Waals surface area contributed by atoms with E-state index in [1.807, 2.05) is 0 Å². The van der Waals surface area contributed by atoms with Gasteiger partial charge in [0.25, 0.3) is 0 Å². The molecule has 1 aromatic rings. The molecule has 0 atom stereocenters. The fraction of sp³-hybridized carbons (Fsp3) is 0.500. The van der Waals surface area contributed by atoms with Gasteiger partial charge >= 0.3 is 5.97 Å². The molecule has 1 heterocycles. The van der Waals surface area contributed by atoms with Crippen LogP contribution in [0.5, 0.6) is 0 Å². The van der Waals surface area contributed by atoms with E-state index in [9.17, 15) is 9.18 Å². The fourth-order valence-corrected chi connectivity index (χ4v) is 2.57. The largest absolute Gasteiger partial charge is 0.476 e. The van der Waals surface area contributed by atoms with Gasteiger partial charge in [-0.25, -0.2) is 9.48 Å². The highest BCUT2D eigenvalue weighted by atomic mass is 35.5. The van der Waals surface area contributed by atoms with Crippen LogP contribution in [0.3, 0.4) is 0 Å². The van der Waals surface area contributed by atoms with Crippen molar-refractivity contribution in [1.82, 2.24) is 9.78 Å². The predicted molar refractivity (Wildman–Crippen MR) is 67.4 cm³/mol. The van der Waals surface area contributed by atoms with E-state index in [-0.39, 0.29) is 18.2 Å². The van der Waals surface area contributed by atoms with Crippen LogP contribution in [-0.2, 0) is 28.6 Å². The van der Waals surface area contributed by atoms with Crippen molar-refractivity contribution >= 4 is 23.1 Å². The molecule has 5 nitrogen and oxygen atoms in total. The minimum Gasteiger partial charge on any atom is -0.476 e. The highest BCUT2D eigenvalue weighted by molar-refractivity contribution is 6.17. The van der Waals surface area contributed by atoms with Crippen LogP contribution in [0.2, 0.25) is 0 Å². The van der Waals surface area contributed by atoms with Crippen molar-refractivity contribution in [3.05, 3.63) is 22.8 Å². The number of hydrogen-bond acceptors (Lipinski definition) is 3. The second-order valence-electron chi connectivity index (χ2n) is 4.27. The molecule has 2 rings (SSSR count). The topological polar surface area (TPSA) is 64.4 Å². The Morgan fingerprint density at radius 2 is 2.32 bits per heavy atom. The lowest BCUT2D eigenvalue weighted by molar-refractivity contribution is -0.134. The molecule has 1 aliphatic carbocycles. The number of carbonyl (C=O) groups is 1. The third kappa shape index (κ3) is 2.50.